The van der Waals surface area contributed by atoms with Gasteiger partial charge in [0, 0.05) is 0 Å². The van der Waals surface area contributed by atoms with Crippen molar-refractivity contribution in [1.82, 2.24) is 0 Å². The number of rotatable bonds is 2. The first-order chi connectivity index (χ1) is 4.46. The van der Waals surface area contributed by atoms with E-state index in [0.717, 1.165) is 7.25 Å². The predicted octanol–water partition coefficient (Wildman–Crippen LogP) is 2.83. The van der Waals surface area contributed by atoms with Crippen molar-refractivity contribution in [3.05, 3.63) is 0 Å². The standard InChI is InChI=1S/2C3H7.C3H6.Bi.H/c3*1-3-2;;/h2*3H,1-2H3;1-2H3;;. The zero-order valence-electron chi connectivity index (χ0n) is 8.15. The van der Waals surface area contributed by atoms with Crippen molar-refractivity contribution in [2.75, 3.05) is 0 Å². The molecule has 0 bridgehead atoms. The summed E-state index contributed by atoms with van der Waals surface area (Å²) in [4.78, 5) is 0. The monoisotopic (exact) mass is 338 g/mol. The second-order valence-electron chi connectivity index (χ2n) is 3.76. The maximum absolute atomic E-state index is 2.40. The predicted molar refractivity (Wildman–Crippen MR) is 53.7 cm³/mol. The quantitative estimate of drug-likeness (QED) is 0.680. The molecule has 0 aromatic rings. The third-order valence-corrected chi connectivity index (χ3v) is 16.0. The Kier molecular flexibility index (Phi) is 4.94. The van der Waals surface area contributed by atoms with E-state index in [1.54, 1.807) is 3.21 Å². The topological polar surface area (TPSA) is 0 Å². The van der Waals surface area contributed by atoms with Gasteiger partial charge in [-0.3, -0.25) is 0 Å². The Labute approximate surface area is 73.2 Å². The van der Waals surface area contributed by atoms with Crippen LogP contribution in [0.4, 0.5) is 0 Å². The molecule has 0 aliphatic rings. The van der Waals surface area contributed by atoms with E-state index < -0.39 is 21.3 Å². The third kappa shape index (κ3) is 3.24. The molecular weight excluding hydrogens is 317 g/mol. The van der Waals surface area contributed by atoms with Crippen LogP contribution in [0, 0.1) is 0 Å². The Balaban J connectivity index is 4.44. The van der Waals surface area contributed by atoms with Gasteiger partial charge in [0.05, 0.1) is 0 Å². The molecule has 0 atom stereocenters. The van der Waals surface area contributed by atoms with Crippen LogP contribution in [0.15, 0.2) is 0 Å². The van der Waals surface area contributed by atoms with E-state index in [0.29, 0.717) is 0 Å². The van der Waals surface area contributed by atoms with Crippen LogP contribution < -0.4 is 0 Å². The van der Waals surface area contributed by atoms with E-state index in [-0.39, 0.29) is 0 Å². The van der Waals surface area contributed by atoms with Crippen molar-refractivity contribution in [3.8, 4) is 0 Å². The van der Waals surface area contributed by atoms with Gasteiger partial charge in [0.2, 0.25) is 0 Å². The molecular formula is C9H21Bi. The molecule has 0 nitrogen and oxygen atoms in total. The summed E-state index contributed by atoms with van der Waals surface area (Å²) in [5.74, 6) is 0. The molecule has 0 rings (SSSR count). The summed E-state index contributed by atoms with van der Waals surface area (Å²) in [5, 5.41) is 0. The Hall–Kier alpha value is 0.753. The SMILES string of the molecule is C[C](C)=[BiH]([CH](C)C)[CH](C)C. The summed E-state index contributed by atoms with van der Waals surface area (Å²) < 4.78 is 3.81. The zero-order chi connectivity index (χ0) is 8.31. The second-order valence-corrected chi connectivity index (χ2v) is 20.2. The maximum atomic E-state index is 2.40. The van der Waals surface area contributed by atoms with Gasteiger partial charge in [0.1, 0.15) is 0 Å². The van der Waals surface area contributed by atoms with Crippen molar-refractivity contribution in [2.45, 2.75) is 48.8 Å². The molecule has 0 unspecified atom stereocenters. The Morgan fingerprint density at radius 3 is 1.20 bits per heavy atom. The first kappa shape index (κ1) is 10.8. The second kappa shape index (κ2) is 4.59. The summed E-state index contributed by atoms with van der Waals surface area (Å²) in [7, 11) is 0. The molecule has 0 aromatic heterocycles. The van der Waals surface area contributed by atoms with Crippen LogP contribution in [-0.4, -0.2) is 24.5 Å². The molecule has 0 aliphatic heterocycles. The van der Waals surface area contributed by atoms with Crippen LogP contribution in [0.1, 0.15) is 41.5 Å². The molecule has 1 heteroatoms. The van der Waals surface area contributed by atoms with Crippen LogP contribution >= 0.6 is 0 Å². The molecule has 0 radical (unpaired) electrons. The van der Waals surface area contributed by atoms with E-state index in [4.69, 9.17) is 0 Å². The van der Waals surface area contributed by atoms with Gasteiger partial charge in [-0.2, -0.15) is 0 Å². The van der Waals surface area contributed by atoms with Crippen molar-refractivity contribution < 1.29 is 0 Å². The first-order valence-electron chi connectivity index (χ1n) is 4.14. The average molecular weight is 338 g/mol. The van der Waals surface area contributed by atoms with Crippen LogP contribution in [0.25, 0.3) is 0 Å². The van der Waals surface area contributed by atoms with Gasteiger partial charge in [-0.25, -0.2) is 0 Å². The molecule has 0 N–H and O–H groups in total. The fraction of sp³-hybridized carbons (Fsp3) is 0.889. The van der Waals surface area contributed by atoms with Crippen molar-refractivity contribution in [1.29, 1.82) is 0 Å². The van der Waals surface area contributed by atoms with Gasteiger partial charge in [0.15, 0.2) is 0 Å². The van der Waals surface area contributed by atoms with E-state index in [1.807, 2.05) is 0 Å². The number of hydrogen-bond donors (Lipinski definition) is 0. The van der Waals surface area contributed by atoms with Crippen LogP contribution in [-0.2, 0) is 0 Å². The minimum atomic E-state index is -1.25. The van der Waals surface area contributed by atoms with E-state index in [2.05, 4.69) is 41.5 Å². The molecule has 0 saturated heterocycles. The fourth-order valence-electron chi connectivity index (χ4n) is 1.82. The summed E-state index contributed by atoms with van der Waals surface area (Å²) in [6.07, 6.45) is 0. The van der Waals surface area contributed by atoms with Gasteiger partial charge >= 0.3 is 73.3 Å². The normalized spacial score (nSPS) is 11.7. The summed E-state index contributed by atoms with van der Waals surface area (Å²) in [5.41, 5.74) is 0. The molecule has 0 heterocycles. The van der Waals surface area contributed by atoms with E-state index >= 15 is 0 Å². The Bertz CT molecular complexity index is 118. The van der Waals surface area contributed by atoms with Gasteiger partial charge in [-0.05, 0) is 0 Å². The van der Waals surface area contributed by atoms with Gasteiger partial charge < -0.3 is 0 Å². The third-order valence-electron chi connectivity index (χ3n) is 1.82. The Morgan fingerprint density at radius 2 is 1.20 bits per heavy atom. The molecule has 0 fully saturated rings. The summed E-state index contributed by atoms with van der Waals surface area (Å²) in [6, 6.07) is 0. The molecule has 62 valence electrons. The van der Waals surface area contributed by atoms with E-state index in [9.17, 15) is 0 Å². The minimum absolute atomic E-state index is 1.01. The Morgan fingerprint density at radius 1 is 0.900 bits per heavy atom. The fourth-order valence-corrected chi connectivity index (χ4v) is 16.0. The van der Waals surface area contributed by atoms with E-state index in [1.165, 1.54) is 0 Å². The van der Waals surface area contributed by atoms with Gasteiger partial charge in [-0.15, -0.1) is 0 Å². The first-order valence-corrected chi connectivity index (χ1v) is 10.6. The van der Waals surface area contributed by atoms with Gasteiger partial charge in [-0.1, -0.05) is 0 Å². The summed E-state index contributed by atoms with van der Waals surface area (Å²) >= 11 is -1.25. The summed E-state index contributed by atoms with van der Waals surface area (Å²) in [6.45, 7) is 14.3. The average Bonchev–Trinajstić information content (AvgIpc) is 1.59. The molecule has 0 aliphatic carbocycles. The van der Waals surface area contributed by atoms with Crippen molar-refractivity contribution in [2.24, 2.45) is 0 Å². The van der Waals surface area contributed by atoms with Crippen LogP contribution in [0.3, 0.4) is 0 Å². The van der Waals surface area contributed by atoms with Crippen molar-refractivity contribution >= 4 is 24.5 Å². The molecule has 0 saturated carbocycles. The molecule has 0 aromatic carbocycles. The van der Waals surface area contributed by atoms with Gasteiger partial charge in [0.25, 0.3) is 0 Å². The molecule has 0 amide bonds. The molecule has 10 heavy (non-hydrogen) atoms. The zero-order valence-corrected chi connectivity index (χ0v) is 12.0. The molecule has 0 spiro atoms. The van der Waals surface area contributed by atoms with Crippen LogP contribution in [0.5, 0.6) is 0 Å². The van der Waals surface area contributed by atoms with Crippen molar-refractivity contribution in [3.63, 3.8) is 0 Å². The number of hydrogen-bond acceptors (Lipinski definition) is 0. The van der Waals surface area contributed by atoms with Crippen LogP contribution in [0.2, 0.25) is 7.25 Å².